The number of nitrogens with zero attached hydrogens (tertiary/aromatic N) is 3. The van der Waals surface area contributed by atoms with Crippen LogP contribution in [0.1, 0.15) is 23.1 Å². The maximum Gasteiger partial charge on any atom is 0.375 e. The molecule has 0 radical (unpaired) electrons. The molecule has 7 nitrogen and oxygen atoms in total. The first-order valence-electron chi connectivity index (χ1n) is 7.65. The summed E-state index contributed by atoms with van der Waals surface area (Å²) < 4.78 is 19.0. The van der Waals surface area contributed by atoms with E-state index < -0.39 is 5.97 Å². The van der Waals surface area contributed by atoms with E-state index in [1.165, 1.54) is 12.3 Å². The minimum Gasteiger partial charge on any atom is -0.460 e. The van der Waals surface area contributed by atoms with Crippen molar-refractivity contribution in [3.8, 4) is 11.4 Å². The number of hydrogen-bond donors (Lipinski definition) is 2. The van der Waals surface area contributed by atoms with Gasteiger partial charge in [0.05, 0.1) is 24.2 Å². The number of aryl methyl sites for hydroxylation is 1. The molecule has 0 aliphatic carbocycles. The zero-order valence-electron chi connectivity index (χ0n) is 13.7. The van der Waals surface area contributed by atoms with Gasteiger partial charge in [-0.1, -0.05) is 6.07 Å². The zero-order chi connectivity index (χ0) is 17.8. The second kappa shape index (κ2) is 7.08. The van der Waals surface area contributed by atoms with Gasteiger partial charge >= 0.3 is 5.97 Å². The molecule has 0 saturated carbocycles. The molecule has 0 bridgehead atoms. The number of anilines is 2. The molecule has 0 aliphatic rings. The molecule has 3 aromatic rings. The molecule has 0 saturated heterocycles. The van der Waals surface area contributed by atoms with E-state index in [2.05, 4.69) is 25.5 Å². The first-order valence-corrected chi connectivity index (χ1v) is 7.65. The summed E-state index contributed by atoms with van der Waals surface area (Å²) in [5.41, 5.74) is 2.21. The third kappa shape index (κ3) is 3.63. The largest absolute Gasteiger partial charge is 0.460 e. The van der Waals surface area contributed by atoms with Crippen LogP contribution in [0.3, 0.4) is 0 Å². The normalized spacial score (nSPS) is 10.5. The lowest BCUT2D eigenvalue weighted by molar-refractivity contribution is 0.0512. The van der Waals surface area contributed by atoms with Crippen LogP contribution in [0.4, 0.5) is 15.8 Å². The van der Waals surface area contributed by atoms with Crippen molar-refractivity contribution in [1.82, 2.24) is 20.2 Å². The SMILES string of the molecule is CCOC(=O)c1nc(-c2ccncc2Nc2ccc(C)cc2F)n[nH]1. The van der Waals surface area contributed by atoms with Crippen molar-refractivity contribution in [2.24, 2.45) is 0 Å². The van der Waals surface area contributed by atoms with Gasteiger partial charge in [-0.25, -0.2) is 14.2 Å². The molecule has 2 heterocycles. The van der Waals surface area contributed by atoms with Crippen molar-refractivity contribution >= 4 is 17.3 Å². The van der Waals surface area contributed by atoms with E-state index in [0.29, 0.717) is 16.9 Å². The second-order valence-electron chi connectivity index (χ2n) is 5.26. The fourth-order valence-corrected chi connectivity index (χ4v) is 2.23. The quantitative estimate of drug-likeness (QED) is 0.692. The average molecular weight is 341 g/mol. The van der Waals surface area contributed by atoms with E-state index in [-0.39, 0.29) is 24.1 Å². The van der Waals surface area contributed by atoms with Crippen LogP contribution in [0.2, 0.25) is 0 Å². The molecule has 0 unspecified atom stereocenters. The molecular weight excluding hydrogens is 325 g/mol. The van der Waals surface area contributed by atoms with Gasteiger partial charge in [0.1, 0.15) is 5.82 Å². The number of ether oxygens (including phenoxy) is 1. The van der Waals surface area contributed by atoms with Gasteiger partial charge < -0.3 is 10.1 Å². The summed E-state index contributed by atoms with van der Waals surface area (Å²) in [4.78, 5) is 19.9. The molecule has 0 atom stereocenters. The van der Waals surface area contributed by atoms with Gasteiger partial charge in [-0.3, -0.25) is 10.1 Å². The lowest BCUT2D eigenvalue weighted by atomic mass is 10.2. The van der Waals surface area contributed by atoms with Gasteiger partial charge in [0.25, 0.3) is 0 Å². The molecule has 0 fully saturated rings. The standard InChI is InChI=1S/C17H16FN5O2/c1-3-25-17(24)16-21-15(22-23-16)11-6-7-19-9-14(11)20-13-5-4-10(2)8-12(13)18/h4-9,20H,3H2,1-2H3,(H,21,22,23). The molecule has 3 rings (SSSR count). The minimum atomic E-state index is -0.589. The highest BCUT2D eigenvalue weighted by molar-refractivity contribution is 5.86. The summed E-state index contributed by atoms with van der Waals surface area (Å²) in [6, 6.07) is 6.55. The van der Waals surface area contributed by atoms with Crippen molar-refractivity contribution in [3.63, 3.8) is 0 Å². The van der Waals surface area contributed by atoms with E-state index in [4.69, 9.17) is 4.74 Å². The third-order valence-corrected chi connectivity index (χ3v) is 3.41. The van der Waals surface area contributed by atoms with Crippen molar-refractivity contribution in [3.05, 3.63) is 53.9 Å². The molecule has 25 heavy (non-hydrogen) atoms. The van der Waals surface area contributed by atoms with Crippen molar-refractivity contribution < 1.29 is 13.9 Å². The highest BCUT2D eigenvalue weighted by atomic mass is 19.1. The van der Waals surface area contributed by atoms with Crippen molar-refractivity contribution in [2.75, 3.05) is 11.9 Å². The summed E-state index contributed by atoms with van der Waals surface area (Å²) in [6.45, 7) is 3.76. The number of carbonyl (C=O) groups excluding carboxylic acids is 1. The van der Waals surface area contributed by atoms with Gasteiger partial charge in [0.15, 0.2) is 5.82 Å². The van der Waals surface area contributed by atoms with Crippen molar-refractivity contribution in [2.45, 2.75) is 13.8 Å². The van der Waals surface area contributed by atoms with Gasteiger partial charge in [0, 0.05) is 11.8 Å². The first-order chi connectivity index (χ1) is 12.1. The Morgan fingerprint density at radius 3 is 2.92 bits per heavy atom. The molecule has 2 aromatic heterocycles. The summed E-state index contributed by atoms with van der Waals surface area (Å²) in [5.74, 6) is -0.687. The molecule has 8 heteroatoms. The molecular formula is C17H16FN5O2. The fourth-order valence-electron chi connectivity index (χ4n) is 2.23. The Hall–Kier alpha value is -3.29. The summed E-state index contributed by atoms with van der Waals surface area (Å²) in [5, 5.41) is 9.55. The summed E-state index contributed by atoms with van der Waals surface area (Å²) in [7, 11) is 0. The van der Waals surface area contributed by atoms with Gasteiger partial charge in [-0.05, 0) is 37.6 Å². The van der Waals surface area contributed by atoms with Crippen LogP contribution in [-0.4, -0.2) is 32.7 Å². The molecule has 0 amide bonds. The molecule has 1 aromatic carbocycles. The van der Waals surface area contributed by atoms with Crippen LogP contribution in [0.25, 0.3) is 11.4 Å². The van der Waals surface area contributed by atoms with Crippen LogP contribution >= 0.6 is 0 Å². The van der Waals surface area contributed by atoms with Crippen LogP contribution in [0.5, 0.6) is 0 Å². The predicted molar refractivity (Wildman–Crippen MR) is 90.0 cm³/mol. The number of H-pyrrole nitrogens is 1. The topological polar surface area (TPSA) is 92.8 Å². The third-order valence-electron chi connectivity index (χ3n) is 3.41. The number of halogens is 1. The number of pyridine rings is 1. The molecule has 2 N–H and O–H groups in total. The maximum atomic E-state index is 14.1. The Morgan fingerprint density at radius 1 is 1.32 bits per heavy atom. The summed E-state index contributed by atoms with van der Waals surface area (Å²) in [6.07, 6.45) is 3.10. The number of benzene rings is 1. The number of nitrogens with one attached hydrogen (secondary N) is 2. The average Bonchev–Trinajstić information content (AvgIpc) is 3.08. The molecule has 0 spiro atoms. The molecule has 0 aliphatic heterocycles. The maximum absolute atomic E-state index is 14.1. The van der Waals surface area contributed by atoms with Gasteiger partial charge in [-0.15, -0.1) is 0 Å². The van der Waals surface area contributed by atoms with Gasteiger partial charge in [-0.2, -0.15) is 5.10 Å². The lowest BCUT2D eigenvalue weighted by Gasteiger charge is -2.10. The summed E-state index contributed by atoms with van der Waals surface area (Å²) >= 11 is 0. The minimum absolute atomic E-state index is 0.00105. The Bertz CT molecular complexity index is 910. The van der Waals surface area contributed by atoms with E-state index >= 15 is 0 Å². The number of esters is 1. The smallest absolute Gasteiger partial charge is 0.375 e. The Morgan fingerprint density at radius 2 is 2.16 bits per heavy atom. The molecule has 128 valence electrons. The van der Waals surface area contributed by atoms with E-state index in [1.54, 1.807) is 31.3 Å². The van der Waals surface area contributed by atoms with E-state index in [0.717, 1.165) is 5.56 Å². The van der Waals surface area contributed by atoms with Crippen molar-refractivity contribution in [1.29, 1.82) is 0 Å². The lowest BCUT2D eigenvalue weighted by Crippen LogP contribution is -2.06. The highest BCUT2D eigenvalue weighted by Crippen LogP contribution is 2.28. The van der Waals surface area contributed by atoms with Gasteiger partial charge in [0.2, 0.25) is 5.82 Å². The Balaban J connectivity index is 1.92. The fraction of sp³-hybridized carbons (Fsp3) is 0.176. The number of aromatic amines is 1. The van der Waals surface area contributed by atoms with Crippen LogP contribution in [0, 0.1) is 12.7 Å². The highest BCUT2D eigenvalue weighted by Gasteiger charge is 2.16. The zero-order valence-corrected chi connectivity index (χ0v) is 13.7. The number of carbonyl (C=O) groups is 1. The van der Waals surface area contributed by atoms with E-state index in [1.807, 2.05) is 6.92 Å². The number of aromatic nitrogens is 4. The number of rotatable bonds is 5. The monoisotopic (exact) mass is 341 g/mol. The second-order valence-corrected chi connectivity index (χ2v) is 5.26. The van der Waals surface area contributed by atoms with E-state index in [9.17, 15) is 9.18 Å². The van der Waals surface area contributed by atoms with Crippen LogP contribution in [0.15, 0.2) is 36.7 Å². The number of hydrogen-bond acceptors (Lipinski definition) is 6. The Labute approximate surface area is 143 Å². The predicted octanol–water partition coefficient (Wildman–Crippen LogP) is 3.23. The first kappa shape index (κ1) is 16.6. The van der Waals surface area contributed by atoms with Crippen LogP contribution < -0.4 is 5.32 Å². The van der Waals surface area contributed by atoms with Crippen LogP contribution in [-0.2, 0) is 4.74 Å². The Kier molecular flexibility index (Phi) is 4.69.